The van der Waals surface area contributed by atoms with Crippen LogP contribution in [0.2, 0.25) is 5.02 Å². The van der Waals surface area contributed by atoms with Crippen LogP contribution in [-0.2, 0) is 0 Å². The Morgan fingerprint density at radius 2 is 2.30 bits per heavy atom. The average molecular weight is 171 g/mol. The van der Waals surface area contributed by atoms with Gasteiger partial charge in [-0.1, -0.05) is 11.6 Å². The molecular weight excluding hydrogens is 168 g/mol. The summed E-state index contributed by atoms with van der Waals surface area (Å²) in [6, 6.07) is 0. The van der Waals surface area contributed by atoms with Crippen molar-refractivity contribution in [1.29, 1.82) is 0 Å². The Bertz CT molecular complexity index is 357. The summed E-state index contributed by atoms with van der Waals surface area (Å²) >= 11 is 7.32. The Hall–Kier alpha value is -0.670. The third-order valence-electron chi connectivity index (χ3n) is 1.20. The van der Waals surface area contributed by atoms with E-state index >= 15 is 0 Å². The van der Waals surface area contributed by atoms with Gasteiger partial charge in [0.05, 0.1) is 15.2 Å². The first-order valence-corrected chi connectivity index (χ1v) is 3.96. The van der Waals surface area contributed by atoms with E-state index in [9.17, 15) is 0 Å². The number of fused-ring (bicyclic) bond motifs is 1. The van der Waals surface area contributed by atoms with Crippen molar-refractivity contribution in [1.82, 2.24) is 9.97 Å². The number of hydrogen-bond acceptors (Lipinski definition) is 3. The van der Waals surface area contributed by atoms with Crippen molar-refractivity contribution in [2.24, 2.45) is 0 Å². The van der Waals surface area contributed by atoms with E-state index in [0.717, 1.165) is 10.2 Å². The quantitative estimate of drug-likeness (QED) is 0.607. The predicted molar refractivity (Wildman–Crippen MR) is 42.4 cm³/mol. The minimum absolute atomic E-state index is 0.624. The Kier molecular flexibility index (Phi) is 1.32. The predicted octanol–water partition coefficient (Wildman–Crippen LogP) is 2.34. The van der Waals surface area contributed by atoms with Gasteiger partial charge in [0.15, 0.2) is 0 Å². The first-order chi connectivity index (χ1) is 4.88. The van der Waals surface area contributed by atoms with Gasteiger partial charge in [-0.25, -0.2) is 4.98 Å². The lowest BCUT2D eigenvalue weighted by Crippen LogP contribution is -1.71. The number of rotatable bonds is 0. The molecule has 2 rings (SSSR count). The van der Waals surface area contributed by atoms with E-state index in [0.29, 0.717) is 5.02 Å². The fourth-order valence-corrected chi connectivity index (χ4v) is 1.69. The van der Waals surface area contributed by atoms with Gasteiger partial charge >= 0.3 is 0 Å². The second-order valence-electron chi connectivity index (χ2n) is 1.82. The maximum absolute atomic E-state index is 5.78. The molecule has 0 aliphatic carbocycles. The number of pyridine rings is 1. The lowest BCUT2D eigenvalue weighted by Gasteiger charge is -1.87. The molecule has 2 aromatic heterocycles. The molecule has 0 aliphatic heterocycles. The molecule has 0 N–H and O–H groups in total. The monoisotopic (exact) mass is 170 g/mol. The minimum Gasteiger partial charge on any atom is -0.262 e. The normalized spacial score (nSPS) is 10.5. The molecule has 4 heteroatoms. The van der Waals surface area contributed by atoms with Crippen LogP contribution >= 0.6 is 22.9 Å². The summed E-state index contributed by atoms with van der Waals surface area (Å²) in [5, 5.41) is 0.624. The van der Waals surface area contributed by atoms with Crippen LogP contribution in [0.4, 0.5) is 0 Å². The van der Waals surface area contributed by atoms with E-state index in [-0.39, 0.29) is 0 Å². The van der Waals surface area contributed by atoms with Crippen LogP contribution in [0.15, 0.2) is 17.9 Å². The van der Waals surface area contributed by atoms with E-state index in [1.807, 2.05) is 0 Å². The van der Waals surface area contributed by atoms with Crippen molar-refractivity contribution in [3.05, 3.63) is 22.9 Å². The van der Waals surface area contributed by atoms with Crippen molar-refractivity contribution in [3.63, 3.8) is 0 Å². The highest BCUT2D eigenvalue weighted by Gasteiger charge is 1.99. The van der Waals surface area contributed by atoms with Gasteiger partial charge < -0.3 is 0 Å². The average Bonchev–Trinajstić information content (AvgIpc) is 2.36. The van der Waals surface area contributed by atoms with Crippen LogP contribution in [-0.4, -0.2) is 9.97 Å². The van der Waals surface area contributed by atoms with Gasteiger partial charge in [0.2, 0.25) is 0 Å². The van der Waals surface area contributed by atoms with E-state index < -0.39 is 0 Å². The lowest BCUT2D eigenvalue weighted by atomic mass is 10.4. The standard InChI is InChI=1S/C6H3ClN2S/c7-4-1-8-2-5-6(4)9-3-10-5/h1-3H. The van der Waals surface area contributed by atoms with Crippen LogP contribution in [0.5, 0.6) is 0 Å². The summed E-state index contributed by atoms with van der Waals surface area (Å²) in [6.45, 7) is 0. The topological polar surface area (TPSA) is 25.8 Å². The summed E-state index contributed by atoms with van der Waals surface area (Å²) in [5.41, 5.74) is 2.61. The number of aromatic nitrogens is 2. The third-order valence-corrected chi connectivity index (χ3v) is 2.24. The molecule has 0 aromatic carbocycles. The summed E-state index contributed by atoms with van der Waals surface area (Å²) in [5.74, 6) is 0. The summed E-state index contributed by atoms with van der Waals surface area (Å²) in [6.07, 6.45) is 3.36. The van der Waals surface area contributed by atoms with Crippen LogP contribution < -0.4 is 0 Å². The van der Waals surface area contributed by atoms with Gasteiger partial charge in [-0.15, -0.1) is 11.3 Å². The molecule has 0 atom stereocenters. The molecule has 0 spiro atoms. The molecule has 50 valence electrons. The zero-order valence-corrected chi connectivity index (χ0v) is 6.49. The summed E-state index contributed by atoms with van der Waals surface area (Å²) < 4.78 is 1.03. The zero-order chi connectivity index (χ0) is 6.97. The molecule has 0 saturated carbocycles. The smallest absolute Gasteiger partial charge is 0.103 e. The van der Waals surface area contributed by atoms with Gasteiger partial charge in [0.1, 0.15) is 5.52 Å². The molecule has 0 saturated heterocycles. The maximum atomic E-state index is 5.78. The fourth-order valence-electron chi connectivity index (χ4n) is 0.758. The zero-order valence-electron chi connectivity index (χ0n) is 4.91. The molecule has 0 aliphatic rings. The highest BCUT2D eigenvalue weighted by Crippen LogP contribution is 2.22. The second-order valence-corrected chi connectivity index (χ2v) is 3.11. The highest BCUT2D eigenvalue weighted by molar-refractivity contribution is 7.16. The first-order valence-electron chi connectivity index (χ1n) is 2.70. The summed E-state index contributed by atoms with van der Waals surface area (Å²) in [4.78, 5) is 7.99. The maximum Gasteiger partial charge on any atom is 0.103 e. The van der Waals surface area contributed by atoms with E-state index in [1.54, 1.807) is 29.2 Å². The van der Waals surface area contributed by atoms with E-state index in [4.69, 9.17) is 11.6 Å². The van der Waals surface area contributed by atoms with E-state index in [2.05, 4.69) is 9.97 Å². The van der Waals surface area contributed by atoms with Crippen LogP contribution in [0.3, 0.4) is 0 Å². The SMILES string of the molecule is Clc1cncc2scnc12. The van der Waals surface area contributed by atoms with E-state index in [1.165, 1.54) is 0 Å². The molecule has 0 fully saturated rings. The van der Waals surface area contributed by atoms with Crippen LogP contribution in [0.1, 0.15) is 0 Å². The van der Waals surface area contributed by atoms with Gasteiger partial charge in [0.25, 0.3) is 0 Å². The molecule has 0 amide bonds. The molecule has 0 bridgehead atoms. The molecule has 0 unspecified atom stereocenters. The Morgan fingerprint density at radius 1 is 1.40 bits per heavy atom. The van der Waals surface area contributed by atoms with Crippen molar-refractivity contribution in [2.45, 2.75) is 0 Å². The molecule has 2 heterocycles. The molecule has 0 radical (unpaired) electrons. The Balaban J connectivity index is 2.95. The van der Waals surface area contributed by atoms with Gasteiger partial charge in [-0.3, -0.25) is 4.98 Å². The van der Waals surface area contributed by atoms with Crippen LogP contribution in [0.25, 0.3) is 10.2 Å². The van der Waals surface area contributed by atoms with Crippen LogP contribution in [0, 0.1) is 0 Å². The summed E-state index contributed by atoms with van der Waals surface area (Å²) in [7, 11) is 0. The minimum atomic E-state index is 0.624. The number of nitrogens with zero attached hydrogens (tertiary/aromatic N) is 2. The second kappa shape index (κ2) is 2.18. The number of hydrogen-bond donors (Lipinski definition) is 0. The Morgan fingerprint density at radius 3 is 3.10 bits per heavy atom. The third kappa shape index (κ3) is 0.786. The molecular formula is C6H3ClN2S. The van der Waals surface area contributed by atoms with Gasteiger partial charge in [-0.05, 0) is 0 Å². The van der Waals surface area contributed by atoms with Crippen molar-refractivity contribution in [2.75, 3.05) is 0 Å². The number of halogens is 1. The van der Waals surface area contributed by atoms with Crippen molar-refractivity contribution >= 4 is 33.2 Å². The Labute approximate surface area is 66.5 Å². The fraction of sp³-hybridized carbons (Fsp3) is 0. The first kappa shape index (κ1) is 6.07. The lowest BCUT2D eigenvalue weighted by molar-refractivity contribution is 1.36. The van der Waals surface area contributed by atoms with Crippen molar-refractivity contribution in [3.8, 4) is 0 Å². The molecule has 2 nitrogen and oxygen atoms in total. The molecule has 10 heavy (non-hydrogen) atoms. The number of thiazole rings is 1. The van der Waals surface area contributed by atoms with Gasteiger partial charge in [-0.2, -0.15) is 0 Å². The molecule has 2 aromatic rings. The largest absolute Gasteiger partial charge is 0.262 e. The van der Waals surface area contributed by atoms with Crippen molar-refractivity contribution < 1.29 is 0 Å². The highest BCUT2D eigenvalue weighted by atomic mass is 35.5. The van der Waals surface area contributed by atoms with Gasteiger partial charge in [0, 0.05) is 12.4 Å².